The molecule has 0 saturated carbocycles. The fourth-order valence-corrected chi connectivity index (χ4v) is 4.55. The van der Waals surface area contributed by atoms with Crippen LogP contribution >= 0.6 is 11.3 Å². The minimum absolute atomic E-state index is 0.315. The van der Waals surface area contributed by atoms with Gasteiger partial charge in [0.25, 0.3) is 0 Å². The zero-order valence-corrected chi connectivity index (χ0v) is 15.2. The molecular weight excluding hydrogens is 349 g/mol. The number of likely N-dealkylation sites (N-methyl/N-ethyl adjacent to an activating group) is 1. The minimum Gasteiger partial charge on any atom is -0.443 e. The summed E-state index contributed by atoms with van der Waals surface area (Å²) >= 11 is 1.59. The van der Waals surface area contributed by atoms with Gasteiger partial charge in [0.1, 0.15) is 17.3 Å². The van der Waals surface area contributed by atoms with Crippen molar-refractivity contribution < 1.29 is 9.13 Å². The van der Waals surface area contributed by atoms with Crippen molar-refractivity contribution in [1.29, 1.82) is 0 Å². The van der Waals surface area contributed by atoms with Crippen LogP contribution in [0.4, 0.5) is 10.1 Å². The Labute approximate surface area is 155 Å². The van der Waals surface area contributed by atoms with Crippen molar-refractivity contribution in [3.05, 3.63) is 53.8 Å². The van der Waals surface area contributed by atoms with Crippen LogP contribution < -0.4 is 4.74 Å². The quantitative estimate of drug-likeness (QED) is 0.587. The van der Waals surface area contributed by atoms with Crippen LogP contribution in [0.5, 0.6) is 10.8 Å². The second kappa shape index (κ2) is 6.07. The van der Waals surface area contributed by atoms with Gasteiger partial charge in [-0.2, -0.15) is 0 Å². The van der Waals surface area contributed by atoms with E-state index in [0.29, 0.717) is 11.4 Å². The topological polar surface area (TPSA) is 28.1 Å². The molecule has 0 atom stereocenters. The lowest BCUT2D eigenvalue weighted by Gasteiger charge is -2.34. The van der Waals surface area contributed by atoms with Gasteiger partial charge in [0.05, 0.1) is 5.56 Å². The molecular formula is C20H18FN3OS. The minimum atomic E-state index is -0.315. The zero-order chi connectivity index (χ0) is 17.7. The lowest BCUT2D eigenvalue weighted by Crippen LogP contribution is -2.47. The van der Waals surface area contributed by atoms with Gasteiger partial charge in [-0.1, -0.05) is 29.5 Å². The maximum absolute atomic E-state index is 13.8. The van der Waals surface area contributed by atoms with Crippen molar-refractivity contribution in [3.8, 4) is 10.8 Å². The normalized spacial score (nSPS) is 17.3. The molecule has 132 valence electrons. The van der Waals surface area contributed by atoms with E-state index in [-0.39, 0.29) is 5.82 Å². The molecule has 5 rings (SSSR count). The maximum atomic E-state index is 13.8. The maximum Gasteiger partial charge on any atom is 0.193 e. The Balaban J connectivity index is 1.72. The molecule has 1 aromatic heterocycles. The molecule has 3 aromatic rings. The van der Waals surface area contributed by atoms with E-state index in [1.807, 2.05) is 12.1 Å². The lowest BCUT2D eigenvalue weighted by atomic mass is 10.1. The van der Waals surface area contributed by atoms with E-state index >= 15 is 0 Å². The summed E-state index contributed by atoms with van der Waals surface area (Å²) in [6, 6.07) is 12.8. The van der Waals surface area contributed by atoms with Gasteiger partial charge in [-0.3, -0.25) is 0 Å². The number of piperazine rings is 1. The Hall–Kier alpha value is -2.44. The SMILES string of the molecule is CN1CCN(C2=Nc3ccc(F)cc3Oc3sc4ccccc4c32)CC1. The van der Waals surface area contributed by atoms with E-state index < -0.39 is 0 Å². The highest BCUT2D eigenvalue weighted by Gasteiger charge is 2.28. The Kier molecular flexibility index (Phi) is 3.69. The van der Waals surface area contributed by atoms with Crippen LogP contribution in [-0.2, 0) is 0 Å². The highest BCUT2D eigenvalue weighted by molar-refractivity contribution is 7.21. The van der Waals surface area contributed by atoms with E-state index in [1.54, 1.807) is 17.4 Å². The number of thiophene rings is 1. The summed E-state index contributed by atoms with van der Waals surface area (Å²) in [4.78, 5) is 9.57. The Morgan fingerprint density at radius 1 is 1.08 bits per heavy atom. The van der Waals surface area contributed by atoms with Crippen molar-refractivity contribution >= 4 is 32.9 Å². The van der Waals surface area contributed by atoms with Crippen molar-refractivity contribution in [2.45, 2.75) is 0 Å². The average molecular weight is 367 g/mol. The molecule has 0 N–H and O–H groups in total. The molecule has 0 aliphatic carbocycles. The summed E-state index contributed by atoms with van der Waals surface area (Å²) in [5.74, 6) is 1.09. The monoisotopic (exact) mass is 367 g/mol. The van der Waals surface area contributed by atoms with Crippen molar-refractivity contribution in [3.63, 3.8) is 0 Å². The lowest BCUT2D eigenvalue weighted by molar-refractivity contribution is 0.216. The number of fused-ring (bicyclic) bond motifs is 4. The second-order valence-corrected chi connectivity index (χ2v) is 7.72. The molecule has 0 radical (unpaired) electrons. The first kappa shape index (κ1) is 15.8. The molecule has 6 heteroatoms. The van der Waals surface area contributed by atoms with Crippen LogP contribution in [0.15, 0.2) is 47.5 Å². The number of ether oxygens (including phenoxy) is 1. The van der Waals surface area contributed by atoms with E-state index in [0.717, 1.165) is 52.7 Å². The standard InChI is InChI=1S/C20H18FN3OS/c1-23-8-10-24(11-9-23)19-18-14-4-2-3-5-17(14)26-20(18)25-16-12-13(21)6-7-15(16)22-19/h2-7,12H,8-11H2,1H3. The third kappa shape index (κ3) is 2.57. The highest BCUT2D eigenvalue weighted by atomic mass is 32.1. The predicted molar refractivity (Wildman–Crippen MR) is 104 cm³/mol. The third-order valence-corrected chi connectivity index (χ3v) is 5.99. The van der Waals surface area contributed by atoms with Gasteiger partial charge in [-0.15, -0.1) is 0 Å². The van der Waals surface area contributed by atoms with Crippen LogP contribution in [0, 0.1) is 5.82 Å². The summed E-state index contributed by atoms with van der Waals surface area (Å²) in [7, 11) is 2.14. The average Bonchev–Trinajstić information content (AvgIpc) is 2.92. The van der Waals surface area contributed by atoms with Crippen molar-refractivity contribution in [2.75, 3.05) is 33.2 Å². The van der Waals surface area contributed by atoms with E-state index in [4.69, 9.17) is 9.73 Å². The molecule has 2 aliphatic rings. The van der Waals surface area contributed by atoms with Gasteiger partial charge >= 0.3 is 0 Å². The van der Waals surface area contributed by atoms with Gasteiger partial charge in [-0.25, -0.2) is 9.38 Å². The predicted octanol–water partition coefficient (Wildman–Crippen LogP) is 4.47. The summed E-state index contributed by atoms with van der Waals surface area (Å²) in [5.41, 5.74) is 1.69. The molecule has 0 unspecified atom stereocenters. The molecule has 26 heavy (non-hydrogen) atoms. The van der Waals surface area contributed by atoms with Crippen LogP contribution in [0.1, 0.15) is 5.56 Å². The number of amidine groups is 1. The van der Waals surface area contributed by atoms with Crippen LogP contribution in [-0.4, -0.2) is 48.9 Å². The summed E-state index contributed by atoms with van der Waals surface area (Å²) in [5, 5.41) is 1.92. The number of benzene rings is 2. The molecule has 3 heterocycles. The molecule has 4 nitrogen and oxygen atoms in total. The first-order valence-corrected chi connectivity index (χ1v) is 9.52. The van der Waals surface area contributed by atoms with Gasteiger partial charge < -0.3 is 14.5 Å². The fourth-order valence-electron chi connectivity index (χ4n) is 3.49. The van der Waals surface area contributed by atoms with Crippen molar-refractivity contribution in [2.24, 2.45) is 4.99 Å². The molecule has 0 amide bonds. The van der Waals surface area contributed by atoms with E-state index in [2.05, 4.69) is 29.0 Å². The molecule has 1 fully saturated rings. The Morgan fingerprint density at radius 3 is 2.73 bits per heavy atom. The second-order valence-electron chi connectivity index (χ2n) is 6.70. The van der Waals surface area contributed by atoms with Gasteiger partial charge in [-0.05, 0) is 25.2 Å². The van der Waals surface area contributed by atoms with Crippen LogP contribution in [0.3, 0.4) is 0 Å². The molecule has 1 saturated heterocycles. The molecule has 0 bridgehead atoms. The van der Waals surface area contributed by atoms with E-state index in [9.17, 15) is 4.39 Å². The summed E-state index contributed by atoms with van der Waals surface area (Å²) in [6.45, 7) is 3.81. The number of halogens is 1. The number of hydrogen-bond acceptors (Lipinski definition) is 5. The fraction of sp³-hybridized carbons (Fsp3) is 0.250. The third-order valence-electron chi connectivity index (χ3n) is 4.94. The largest absolute Gasteiger partial charge is 0.443 e. The van der Waals surface area contributed by atoms with Gasteiger partial charge in [0.15, 0.2) is 10.8 Å². The molecule has 2 aliphatic heterocycles. The summed E-state index contributed by atoms with van der Waals surface area (Å²) < 4.78 is 21.1. The number of rotatable bonds is 0. The molecule has 0 spiro atoms. The first-order valence-electron chi connectivity index (χ1n) is 8.70. The number of aliphatic imine (C=N–C) groups is 1. The smallest absolute Gasteiger partial charge is 0.193 e. The Morgan fingerprint density at radius 2 is 1.88 bits per heavy atom. The van der Waals surface area contributed by atoms with Gasteiger partial charge in [0, 0.05) is 42.3 Å². The first-order chi connectivity index (χ1) is 12.7. The number of nitrogens with zero attached hydrogens (tertiary/aromatic N) is 3. The highest BCUT2D eigenvalue weighted by Crippen LogP contribution is 2.46. The van der Waals surface area contributed by atoms with Gasteiger partial charge in [0.2, 0.25) is 0 Å². The van der Waals surface area contributed by atoms with Crippen molar-refractivity contribution in [1.82, 2.24) is 9.80 Å². The molecule has 2 aromatic carbocycles. The van der Waals surface area contributed by atoms with E-state index in [1.165, 1.54) is 12.1 Å². The van der Waals surface area contributed by atoms with Crippen LogP contribution in [0.25, 0.3) is 10.1 Å². The summed E-state index contributed by atoms with van der Waals surface area (Å²) in [6.07, 6.45) is 0. The zero-order valence-electron chi connectivity index (χ0n) is 14.4. The number of hydrogen-bond donors (Lipinski definition) is 0. The van der Waals surface area contributed by atoms with Crippen LogP contribution in [0.2, 0.25) is 0 Å². The Bertz CT molecular complexity index is 1020.